The van der Waals surface area contributed by atoms with E-state index in [2.05, 4.69) is 0 Å². The minimum Gasteiger partial charge on any atom is -0.492 e. The third-order valence-corrected chi connectivity index (χ3v) is 2.87. The normalized spacial score (nSPS) is 14.1. The molecule has 4 nitrogen and oxygen atoms in total. The van der Waals surface area contributed by atoms with Gasteiger partial charge in [0.25, 0.3) is 0 Å². The van der Waals surface area contributed by atoms with E-state index in [4.69, 9.17) is 21.4 Å². The molecule has 0 saturated heterocycles. The number of carboxylic acids is 1. The van der Waals surface area contributed by atoms with Gasteiger partial charge in [0, 0.05) is 0 Å². The molecule has 1 unspecified atom stereocenters. The zero-order valence-corrected chi connectivity index (χ0v) is 10.5. The number of hydrogen-bond acceptors (Lipinski definition) is 3. The highest BCUT2D eigenvalue weighted by atomic mass is 35.5. The average Bonchev–Trinajstić information content (AvgIpc) is 2.30. The van der Waals surface area contributed by atoms with Gasteiger partial charge in [-0.25, -0.2) is 4.79 Å². The zero-order valence-electron chi connectivity index (χ0n) is 9.74. The second-order valence-corrected chi connectivity index (χ2v) is 4.00. The molecule has 1 aromatic carbocycles. The Hall–Kier alpha value is -1.26. The van der Waals surface area contributed by atoms with Crippen LogP contribution in [0.2, 0.25) is 5.02 Å². The van der Waals surface area contributed by atoms with E-state index in [-0.39, 0.29) is 17.0 Å². The number of aliphatic hydroxyl groups is 1. The lowest BCUT2D eigenvalue weighted by Crippen LogP contribution is -2.34. The Bertz CT molecular complexity index is 419. The van der Waals surface area contributed by atoms with Crippen molar-refractivity contribution >= 4 is 17.6 Å². The lowest BCUT2D eigenvalue weighted by atomic mass is 9.91. The van der Waals surface area contributed by atoms with Crippen molar-refractivity contribution in [2.24, 2.45) is 0 Å². The summed E-state index contributed by atoms with van der Waals surface area (Å²) in [5.41, 5.74) is -1.66. The van der Waals surface area contributed by atoms with Crippen LogP contribution in [-0.2, 0) is 10.4 Å². The molecule has 0 aliphatic carbocycles. The van der Waals surface area contributed by atoms with Crippen molar-refractivity contribution in [3.8, 4) is 5.75 Å². The first-order valence-corrected chi connectivity index (χ1v) is 5.72. The second kappa shape index (κ2) is 5.38. The molecule has 0 aromatic heterocycles. The summed E-state index contributed by atoms with van der Waals surface area (Å²) < 4.78 is 5.24. The largest absolute Gasteiger partial charge is 0.492 e. The second-order valence-electron chi connectivity index (χ2n) is 3.60. The van der Waals surface area contributed by atoms with E-state index in [9.17, 15) is 9.90 Å². The van der Waals surface area contributed by atoms with Crippen molar-refractivity contribution in [1.82, 2.24) is 0 Å². The zero-order chi connectivity index (χ0) is 13.1. The van der Waals surface area contributed by atoms with Crippen LogP contribution in [-0.4, -0.2) is 22.8 Å². The predicted molar refractivity (Wildman–Crippen MR) is 64.4 cm³/mol. The fourth-order valence-electron chi connectivity index (χ4n) is 1.51. The number of hydrogen-bond donors (Lipinski definition) is 2. The van der Waals surface area contributed by atoms with Gasteiger partial charge in [-0.15, -0.1) is 0 Å². The van der Waals surface area contributed by atoms with Crippen LogP contribution in [0.3, 0.4) is 0 Å². The minimum absolute atomic E-state index is 0.0621. The summed E-state index contributed by atoms with van der Waals surface area (Å²) in [7, 11) is 0. The molecule has 0 amide bonds. The van der Waals surface area contributed by atoms with Crippen LogP contribution in [0, 0.1) is 0 Å². The number of benzene rings is 1. The van der Waals surface area contributed by atoms with Gasteiger partial charge in [0.1, 0.15) is 5.75 Å². The summed E-state index contributed by atoms with van der Waals surface area (Å²) in [6.07, 6.45) is 0.0621. The SMILES string of the molecule is CCOc1ccc(C(O)(CC)C(=O)O)cc1Cl. The van der Waals surface area contributed by atoms with Crippen LogP contribution in [0.4, 0.5) is 0 Å². The number of carboxylic acid groups (broad SMARTS) is 1. The Labute approximate surface area is 105 Å². The molecule has 0 radical (unpaired) electrons. The van der Waals surface area contributed by atoms with Crippen molar-refractivity contribution in [1.29, 1.82) is 0 Å². The van der Waals surface area contributed by atoms with E-state index in [0.29, 0.717) is 12.4 Å². The molecule has 5 heteroatoms. The quantitative estimate of drug-likeness (QED) is 0.851. The lowest BCUT2D eigenvalue weighted by molar-refractivity contribution is -0.160. The third kappa shape index (κ3) is 2.70. The fraction of sp³-hybridized carbons (Fsp3) is 0.417. The van der Waals surface area contributed by atoms with Crippen LogP contribution >= 0.6 is 11.6 Å². The molecular weight excluding hydrogens is 244 g/mol. The molecule has 1 atom stereocenters. The fourth-order valence-corrected chi connectivity index (χ4v) is 1.74. The standard InChI is InChI=1S/C12H15ClO4/c1-3-12(16,11(14)15)8-5-6-10(17-4-2)9(13)7-8/h5-7,16H,3-4H2,1-2H3,(H,14,15). The van der Waals surface area contributed by atoms with Crippen molar-refractivity contribution in [3.05, 3.63) is 28.8 Å². The van der Waals surface area contributed by atoms with E-state index < -0.39 is 11.6 Å². The van der Waals surface area contributed by atoms with E-state index in [1.54, 1.807) is 13.0 Å². The minimum atomic E-state index is -1.91. The van der Waals surface area contributed by atoms with Gasteiger partial charge in [-0.3, -0.25) is 0 Å². The number of aliphatic carboxylic acids is 1. The highest BCUT2D eigenvalue weighted by molar-refractivity contribution is 6.32. The number of ether oxygens (including phenoxy) is 1. The van der Waals surface area contributed by atoms with Crippen molar-refractivity contribution in [2.75, 3.05) is 6.61 Å². The van der Waals surface area contributed by atoms with Gasteiger partial charge in [0.15, 0.2) is 5.60 Å². The Morgan fingerprint density at radius 1 is 1.47 bits per heavy atom. The van der Waals surface area contributed by atoms with Gasteiger partial charge in [-0.05, 0) is 31.0 Å². The molecule has 1 aromatic rings. The first-order valence-electron chi connectivity index (χ1n) is 5.34. The van der Waals surface area contributed by atoms with Crippen LogP contribution in [0.5, 0.6) is 5.75 Å². The van der Waals surface area contributed by atoms with Crippen molar-refractivity contribution < 1.29 is 19.7 Å². The first kappa shape index (κ1) is 13.8. The monoisotopic (exact) mass is 258 g/mol. The highest BCUT2D eigenvalue weighted by Crippen LogP contribution is 2.32. The summed E-state index contributed by atoms with van der Waals surface area (Å²) in [6.45, 7) is 3.89. The molecule has 0 spiro atoms. The topological polar surface area (TPSA) is 66.8 Å². The van der Waals surface area contributed by atoms with Gasteiger partial charge >= 0.3 is 5.97 Å². The molecule has 17 heavy (non-hydrogen) atoms. The van der Waals surface area contributed by atoms with E-state index >= 15 is 0 Å². The average molecular weight is 259 g/mol. The molecular formula is C12H15ClO4. The Balaban J connectivity index is 3.16. The Morgan fingerprint density at radius 3 is 2.53 bits per heavy atom. The maximum absolute atomic E-state index is 11.1. The molecule has 1 rings (SSSR count). The van der Waals surface area contributed by atoms with Crippen LogP contribution in [0.25, 0.3) is 0 Å². The van der Waals surface area contributed by atoms with Crippen LogP contribution in [0.1, 0.15) is 25.8 Å². The van der Waals surface area contributed by atoms with Gasteiger partial charge < -0.3 is 14.9 Å². The predicted octanol–water partition coefficient (Wildman–Crippen LogP) is 2.42. The van der Waals surface area contributed by atoms with Gasteiger partial charge in [-0.1, -0.05) is 24.6 Å². The molecule has 0 heterocycles. The summed E-state index contributed by atoms with van der Waals surface area (Å²) in [5.74, 6) is -0.818. The molecule has 0 aliphatic rings. The number of halogens is 1. The van der Waals surface area contributed by atoms with Gasteiger partial charge in [0.05, 0.1) is 11.6 Å². The van der Waals surface area contributed by atoms with E-state index in [1.807, 2.05) is 6.92 Å². The van der Waals surface area contributed by atoms with E-state index in [0.717, 1.165) is 0 Å². The van der Waals surface area contributed by atoms with Gasteiger partial charge in [0.2, 0.25) is 0 Å². The van der Waals surface area contributed by atoms with Gasteiger partial charge in [-0.2, -0.15) is 0 Å². The van der Waals surface area contributed by atoms with Crippen molar-refractivity contribution in [2.45, 2.75) is 25.9 Å². The maximum atomic E-state index is 11.1. The molecule has 0 saturated carbocycles. The summed E-state index contributed by atoms with van der Waals surface area (Å²) in [4.78, 5) is 11.1. The summed E-state index contributed by atoms with van der Waals surface area (Å²) in [5, 5.41) is 19.3. The van der Waals surface area contributed by atoms with E-state index in [1.165, 1.54) is 12.1 Å². The number of carbonyl (C=O) groups is 1. The molecule has 0 bridgehead atoms. The smallest absolute Gasteiger partial charge is 0.340 e. The molecule has 2 N–H and O–H groups in total. The Kier molecular flexibility index (Phi) is 4.37. The van der Waals surface area contributed by atoms with Crippen molar-refractivity contribution in [3.63, 3.8) is 0 Å². The molecule has 0 fully saturated rings. The molecule has 94 valence electrons. The summed E-state index contributed by atoms with van der Waals surface area (Å²) in [6, 6.07) is 4.49. The lowest BCUT2D eigenvalue weighted by Gasteiger charge is -2.22. The number of rotatable bonds is 5. The van der Waals surface area contributed by atoms with Crippen LogP contribution in [0.15, 0.2) is 18.2 Å². The molecule has 0 aliphatic heterocycles. The first-order chi connectivity index (χ1) is 7.95. The maximum Gasteiger partial charge on any atom is 0.340 e. The third-order valence-electron chi connectivity index (χ3n) is 2.57. The summed E-state index contributed by atoms with van der Waals surface area (Å²) >= 11 is 5.95. The Morgan fingerprint density at radius 2 is 2.12 bits per heavy atom. The van der Waals surface area contributed by atoms with Crippen LogP contribution < -0.4 is 4.74 Å². The highest BCUT2D eigenvalue weighted by Gasteiger charge is 2.36.